The van der Waals surface area contributed by atoms with E-state index in [0.29, 0.717) is 47.1 Å². The summed E-state index contributed by atoms with van der Waals surface area (Å²) in [7, 11) is 3.15. The van der Waals surface area contributed by atoms with Crippen molar-refractivity contribution in [2.75, 3.05) is 27.5 Å². The minimum atomic E-state index is -0.0861. The van der Waals surface area contributed by atoms with E-state index >= 15 is 0 Å². The predicted octanol–water partition coefficient (Wildman–Crippen LogP) is 5.83. The molecule has 0 unspecified atom stereocenters. The molecule has 0 aliphatic carbocycles. The summed E-state index contributed by atoms with van der Waals surface area (Å²) in [6.07, 6.45) is 0.868. The van der Waals surface area contributed by atoms with Gasteiger partial charge in [0.25, 0.3) is 0 Å². The zero-order valence-corrected chi connectivity index (χ0v) is 20.6. The number of methoxy groups -OCH3 is 2. The molecule has 0 amide bonds. The maximum atomic E-state index is 13.6. The van der Waals surface area contributed by atoms with Gasteiger partial charge < -0.3 is 18.6 Å². The lowest BCUT2D eigenvalue weighted by atomic mass is 10.00. The van der Waals surface area contributed by atoms with E-state index in [4.69, 9.17) is 30.2 Å². The molecule has 0 bridgehead atoms. The van der Waals surface area contributed by atoms with E-state index in [-0.39, 0.29) is 5.43 Å². The van der Waals surface area contributed by atoms with Gasteiger partial charge in [0.15, 0.2) is 11.5 Å². The van der Waals surface area contributed by atoms with Crippen LogP contribution in [0.3, 0.4) is 0 Å². The number of fused-ring (bicyclic) bond motifs is 3. The average Bonchev–Trinajstić information content (AvgIpc) is 2.88. The first kappa shape index (κ1) is 23.3. The number of aryl methyl sites for hydroxylation is 1. The van der Waals surface area contributed by atoms with Crippen molar-refractivity contribution < 1.29 is 18.6 Å². The molecule has 4 aromatic rings. The zero-order chi connectivity index (χ0) is 24.5. The molecule has 6 nitrogen and oxygen atoms in total. The Morgan fingerprint density at radius 1 is 1.00 bits per heavy atom. The molecule has 180 valence electrons. The summed E-state index contributed by atoms with van der Waals surface area (Å²) >= 11 is 6.00. The van der Waals surface area contributed by atoms with Gasteiger partial charge in [-0.25, -0.2) is 0 Å². The Morgan fingerprint density at radius 3 is 2.51 bits per heavy atom. The summed E-state index contributed by atoms with van der Waals surface area (Å²) in [6, 6.07) is 16.9. The van der Waals surface area contributed by atoms with Crippen LogP contribution in [0.2, 0.25) is 5.02 Å². The summed E-state index contributed by atoms with van der Waals surface area (Å²) in [5.41, 5.74) is 3.82. The lowest BCUT2D eigenvalue weighted by Crippen LogP contribution is -2.33. The fraction of sp³-hybridized carbons (Fsp3) is 0.250. The van der Waals surface area contributed by atoms with Crippen LogP contribution in [-0.2, 0) is 13.0 Å². The third-order valence-corrected chi connectivity index (χ3v) is 6.63. The smallest absolute Gasteiger partial charge is 0.200 e. The molecule has 5 rings (SSSR count). The van der Waals surface area contributed by atoms with Crippen molar-refractivity contribution >= 4 is 22.6 Å². The molecular formula is C28H26ClNO5. The maximum absolute atomic E-state index is 13.6. The molecule has 7 heteroatoms. The number of nitrogens with zero attached hydrogens (tertiary/aromatic N) is 1. The second kappa shape index (κ2) is 9.64. The van der Waals surface area contributed by atoms with Crippen LogP contribution in [0.5, 0.6) is 17.2 Å². The summed E-state index contributed by atoms with van der Waals surface area (Å²) in [5, 5.41) is 1.26. The van der Waals surface area contributed by atoms with Crippen molar-refractivity contribution in [1.82, 2.24) is 4.90 Å². The number of halogens is 1. The Bertz CT molecular complexity index is 1440. The lowest BCUT2D eigenvalue weighted by molar-refractivity contribution is 0.0968. The van der Waals surface area contributed by atoms with Gasteiger partial charge in [-0.3, -0.25) is 9.69 Å². The lowest BCUT2D eigenvalue weighted by Gasteiger charge is -2.29. The van der Waals surface area contributed by atoms with Crippen molar-refractivity contribution in [2.45, 2.75) is 19.9 Å². The quantitative estimate of drug-likeness (QED) is 0.338. The normalized spacial score (nSPS) is 13.4. The molecule has 1 aliphatic rings. The molecule has 1 aliphatic heterocycles. The molecule has 0 atom stereocenters. The van der Waals surface area contributed by atoms with E-state index < -0.39 is 0 Å². The molecule has 2 heterocycles. The largest absolute Gasteiger partial charge is 0.493 e. The van der Waals surface area contributed by atoms with Crippen molar-refractivity contribution in [3.63, 3.8) is 0 Å². The third kappa shape index (κ3) is 4.47. The Hall–Kier alpha value is -3.48. The average molecular weight is 492 g/mol. The zero-order valence-electron chi connectivity index (χ0n) is 19.9. The van der Waals surface area contributed by atoms with Gasteiger partial charge >= 0.3 is 0 Å². The van der Waals surface area contributed by atoms with Gasteiger partial charge in [-0.15, -0.1) is 0 Å². The topological polar surface area (TPSA) is 61.1 Å². The fourth-order valence-electron chi connectivity index (χ4n) is 4.53. The van der Waals surface area contributed by atoms with E-state index in [9.17, 15) is 4.79 Å². The number of ether oxygens (including phenoxy) is 3. The van der Waals surface area contributed by atoms with Crippen molar-refractivity contribution in [3.8, 4) is 28.4 Å². The summed E-state index contributed by atoms with van der Waals surface area (Å²) in [6.45, 7) is 3.75. The Morgan fingerprint density at radius 2 is 1.77 bits per heavy atom. The van der Waals surface area contributed by atoms with Gasteiger partial charge in [-0.2, -0.15) is 0 Å². The van der Waals surface area contributed by atoms with Gasteiger partial charge in [0.1, 0.15) is 23.8 Å². The van der Waals surface area contributed by atoms with Gasteiger partial charge in [0.05, 0.1) is 30.7 Å². The van der Waals surface area contributed by atoms with Crippen LogP contribution in [-0.4, -0.2) is 32.4 Å². The van der Waals surface area contributed by atoms with Crippen molar-refractivity contribution in [2.24, 2.45) is 0 Å². The first-order chi connectivity index (χ1) is 17.0. The van der Waals surface area contributed by atoms with E-state index in [0.717, 1.165) is 34.9 Å². The Kier molecular flexibility index (Phi) is 6.41. The van der Waals surface area contributed by atoms with Crippen LogP contribution < -0.4 is 19.6 Å². The van der Waals surface area contributed by atoms with Crippen LogP contribution in [0, 0.1) is 6.92 Å². The van der Waals surface area contributed by atoms with E-state index in [2.05, 4.69) is 4.90 Å². The fourth-order valence-corrected chi connectivity index (χ4v) is 4.65. The van der Waals surface area contributed by atoms with Gasteiger partial charge in [0, 0.05) is 18.1 Å². The molecule has 35 heavy (non-hydrogen) atoms. The molecule has 1 aromatic heterocycles. The summed E-state index contributed by atoms with van der Waals surface area (Å²) in [5.74, 6) is 2.45. The molecule has 0 saturated carbocycles. The molecular weight excluding hydrogens is 466 g/mol. The number of hydrogen-bond acceptors (Lipinski definition) is 6. The summed E-state index contributed by atoms with van der Waals surface area (Å²) < 4.78 is 23.1. The first-order valence-corrected chi connectivity index (χ1v) is 11.8. The highest BCUT2D eigenvalue weighted by Crippen LogP contribution is 2.36. The highest BCUT2D eigenvalue weighted by Gasteiger charge is 2.24. The minimum Gasteiger partial charge on any atom is -0.493 e. The number of rotatable bonds is 6. The second-order valence-electron chi connectivity index (χ2n) is 8.55. The molecule has 0 radical (unpaired) electrons. The van der Waals surface area contributed by atoms with E-state index in [1.165, 1.54) is 5.56 Å². The van der Waals surface area contributed by atoms with Crippen LogP contribution in [0.15, 0.2) is 63.8 Å². The first-order valence-electron chi connectivity index (χ1n) is 11.4. The third-order valence-electron chi connectivity index (χ3n) is 6.38. The van der Waals surface area contributed by atoms with E-state index in [1.54, 1.807) is 32.4 Å². The maximum Gasteiger partial charge on any atom is 0.200 e. The SMILES string of the molecule is COc1ccc(-c2c(C)oc3c4c(ccc3c2=O)OCN(CCc2ccc(Cl)cc2)C4)cc1OC. The molecule has 0 saturated heterocycles. The van der Waals surface area contributed by atoms with E-state index in [1.807, 2.05) is 43.3 Å². The highest BCUT2D eigenvalue weighted by molar-refractivity contribution is 6.30. The molecule has 0 N–H and O–H groups in total. The van der Waals surface area contributed by atoms with Crippen LogP contribution in [0.25, 0.3) is 22.1 Å². The summed E-state index contributed by atoms with van der Waals surface area (Å²) in [4.78, 5) is 15.8. The minimum absolute atomic E-state index is 0.0861. The predicted molar refractivity (Wildman–Crippen MR) is 137 cm³/mol. The molecule has 0 spiro atoms. The van der Waals surface area contributed by atoms with Crippen molar-refractivity contribution in [3.05, 3.63) is 86.7 Å². The van der Waals surface area contributed by atoms with Crippen LogP contribution >= 0.6 is 11.6 Å². The van der Waals surface area contributed by atoms with Crippen LogP contribution in [0.1, 0.15) is 16.9 Å². The standard InChI is InChI=1S/C28H26ClNO5/c1-17-26(19-6-10-24(32-2)25(14-19)33-3)27(31)21-9-11-23-22(28(21)35-17)15-30(16-34-23)13-12-18-4-7-20(29)8-5-18/h4-11,14H,12-13,15-16H2,1-3H3. The highest BCUT2D eigenvalue weighted by atomic mass is 35.5. The van der Waals surface area contributed by atoms with Gasteiger partial charge in [-0.1, -0.05) is 29.8 Å². The Labute approximate surface area is 208 Å². The monoisotopic (exact) mass is 491 g/mol. The second-order valence-corrected chi connectivity index (χ2v) is 8.99. The molecule has 3 aromatic carbocycles. The Balaban J connectivity index is 1.48. The van der Waals surface area contributed by atoms with Crippen molar-refractivity contribution in [1.29, 1.82) is 0 Å². The van der Waals surface area contributed by atoms with Gasteiger partial charge in [-0.05, 0) is 60.9 Å². The number of benzene rings is 3. The van der Waals surface area contributed by atoms with Crippen LogP contribution in [0.4, 0.5) is 0 Å². The number of hydrogen-bond donors (Lipinski definition) is 0. The van der Waals surface area contributed by atoms with Gasteiger partial charge in [0.2, 0.25) is 5.43 Å². The molecule has 0 fully saturated rings.